The van der Waals surface area contributed by atoms with Gasteiger partial charge in [0.1, 0.15) is 5.54 Å². The molecule has 0 saturated carbocycles. The average molecular weight is 254 g/mol. The van der Waals surface area contributed by atoms with Crippen molar-refractivity contribution in [2.24, 2.45) is 7.05 Å². The molecule has 7 heteroatoms. The second-order valence-corrected chi connectivity index (χ2v) is 4.68. The highest BCUT2D eigenvalue weighted by molar-refractivity contribution is 5.79. The Morgan fingerprint density at radius 2 is 2.44 bits per heavy atom. The van der Waals surface area contributed by atoms with Crippen LogP contribution in [0.25, 0.3) is 0 Å². The number of carboxylic acid groups (broad SMARTS) is 1. The molecule has 1 aliphatic heterocycles. The van der Waals surface area contributed by atoms with E-state index in [0.29, 0.717) is 13.0 Å². The first-order chi connectivity index (χ1) is 8.58. The van der Waals surface area contributed by atoms with Gasteiger partial charge in [-0.05, 0) is 19.4 Å². The lowest BCUT2D eigenvalue weighted by molar-refractivity contribution is -0.153. The summed E-state index contributed by atoms with van der Waals surface area (Å²) in [5.41, 5.74) is -0.146. The molecule has 1 fully saturated rings. The fourth-order valence-corrected chi connectivity index (χ4v) is 2.53. The number of rotatable bonds is 5. The molecule has 18 heavy (non-hydrogen) atoms. The van der Waals surface area contributed by atoms with Gasteiger partial charge in [0.15, 0.2) is 0 Å². The molecule has 1 aromatic heterocycles. The summed E-state index contributed by atoms with van der Waals surface area (Å²) in [5.74, 6) is -0.828. The Hall–Kier alpha value is -1.47. The van der Waals surface area contributed by atoms with E-state index in [1.807, 2.05) is 4.90 Å². The lowest BCUT2D eigenvalue weighted by Gasteiger charge is -2.33. The smallest absolute Gasteiger partial charge is 0.326 e. The fraction of sp³-hybridized carbons (Fsp3) is 0.727. The van der Waals surface area contributed by atoms with Gasteiger partial charge >= 0.3 is 5.97 Å². The average Bonchev–Trinajstić information content (AvgIpc) is 2.88. The molecule has 0 aromatic carbocycles. The molecular weight excluding hydrogens is 236 g/mol. The Bertz CT molecular complexity index is 434. The van der Waals surface area contributed by atoms with Gasteiger partial charge in [0, 0.05) is 26.9 Å². The quantitative estimate of drug-likeness (QED) is 0.789. The number of carboxylic acids is 1. The van der Waals surface area contributed by atoms with Gasteiger partial charge in [0.05, 0.1) is 12.3 Å². The number of carbonyl (C=O) groups is 1. The number of ether oxygens (including phenoxy) is 1. The zero-order valence-corrected chi connectivity index (χ0v) is 10.7. The highest BCUT2D eigenvalue weighted by atomic mass is 16.5. The second kappa shape index (κ2) is 5.03. The van der Waals surface area contributed by atoms with Crippen LogP contribution in [0.4, 0.5) is 0 Å². The predicted octanol–water partition coefficient (Wildman–Crippen LogP) is -0.119. The Morgan fingerprint density at radius 1 is 1.67 bits per heavy atom. The highest BCUT2D eigenvalue weighted by Gasteiger charge is 2.47. The van der Waals surface area contributed by atoms with E-state index in [2.05, 4.69) is 10.3 Å². The topological polar surface area (TPSA) is 80.5 Å². The predicted molar refractivity (Wildman–Crippen MR) is 62.9 cm³/mol. The minimum absolute atomic E-state index is 0.197. The van der Waals surface area contributed by atoms with Crippen molar-refractivity contribution < 1.29 is 14.6 Å². The van der Waals surface area contributed by atoms with Crippen molar-refractivity contribution in [3.8, 4) is 0 Å². The Balaban J connectivity index is 2.17. The number of aromatic nitrogens is 3. The van der Waals surface area contributed by atoms with Gasteiger partial charge in [0.25, 0.3) is 0 Å². The van der Waals surface area contributed by atoms with Crippen LogP contribution in [0.5, 0.6) is 0 Å². The van der Waals surface area contributed by atoms with Crippen LogP contribution in [-0.4, -0.2) is 56.8 Å². The molecule has 0 amide bonds. The molecule has 1 aromatic rings. The van der Waals surface area contributed by atoms with Gasteiger partial charge in [-0.15, -0.1) is 5.10 Å². The molecule has 7 nitrogen and oxygen atoms in total. The van der Waals surface area contributed by atoms with Crippen LogP contribution < -0.4 is 0 Å². The molecule has 1 unspecified atom stereocenters. The van der Waals surface area contributed by atoms with Crippen molar-refractivity contribution in [1.82, 2.24) is 19.9 Å². The standard InChI is InChI=1S/C11H18N4O3/c1-14-6-9(12-13-14)7-15-5-3-4-11(15,8-18-2)10(16)17/h6H,3-5,7-8H2,1-2H3,(H,16,17). The Kier molecular flexibility index (Phi) is 3.63. The molecule has 1 saturated heterocycles. The third kappa shape index (κ3) is 2.23. The number of aryl methyl sites for hydroxylation is 1. The van der Waals surface area contributed by atoms with Crippen molar-refractivity contribution in [3.63, 3.8) is 0 Å². The zero-order chi connectivity index (χ0) is 13.2. The number of aliphatic carboxylic acids is 1. The Labute approximate surface area is 105 Å². The summed E-state index contributed by atoms with van der Waals surface area (Å²) in [5, 5.41) is 17.3. The minimum atomic E-state index is -0.924. The van der Waals surface area contributed by atoms with Crippen LogP contribution >= 0.6 is 0 Å². The maximum absolute atomic E-state index is 11.6. The van der Waals surface area contributed by atoms with Gasteiger partial charge in [0.2, 0.25) is 0 Å². The number of nitrogens with zero attached hydrogens (tertiary/aromatic N) is 4. The van der Waals surface area contributed by atoms with Gasteiger partial charge in [-0.2, -0.15) is 0 Å². The Morgan fingerprint density at radius 3 is 3.00 bits per heavy atom. The molecule has 2 rings (SSSR count). The summed E-state index contributed by atoms with van der Waals surface area (Å²) < 4.78 is 6.72. The summed E-state index contributed by atoms with van der Waals surface area (Å²) in [6.45, 7) is 1.43. The zero-order valence-electron chi connectivity index (χ0n) is 10.7. The molecule has 0 spiro atoms. The van der Waals surface area contributed by atoms with Crippen LogP contribution in [-0.2, 0) is 23.1 Å². The molecule has 1 N–H and O–H groups in total. The van der Waals surface area contributed by atoms with Crippen molar-refractivity contribution in [3.05, 3.63) is 11.9 Å². The van der Waals surface area contributed by atoms with Gasteiger partial charge in [-0.1, -0.05) is 5.21 Å². The third-order valence-corrected chi connectivity index (χ3v) is 3.41. The first-order valence-corrected chi connectivity index (χ1v) is 5.91. The molecule has 0 aliphatic carbocycles. The van der Waals surface area contributed by atoms with E-state index in [-0.39, 0.29) is 6.61 Å². The van der Waals surface area contributed by atoms with E-state index in [9.17, 15) is 9.90 Å². The van der Waals surface area contributed by atoms with E-state index < -0.39 is 11.5 Å². The van der Waals surface area contributed by atoms with Gasteiger partial charge < -0.3 is 9.84 Å². The monoisotopic (exact) mass is 254 g/mol. The molecule has 0 radical (unpaired) electrons. The fourth-order valence-electron chi connectivity index (χ4n) is 2.53. The number of hydrogen-bond acceptors (Lipinski definition) is 5. The van der Waals surface area contributed by atoms with Crippen LogP contribution in [0, 0.1) is 0 Å². The maximum atomic E-state index is 11.6. The van der Waals surface area contributed by atoms with E-state index in [0.717, 1.165) is 18.7 Å². The lowest BCUT2D eigenvalue weighted by Crippen LogP contribution is -2.53. The first-order valence-electron chi connectivity index (χ1n) is 5.91. The third-order valence-electron chi connectivity index (χ3n) is 3.41. The summed E-state index contributed by atoms with van der Waals surface area (Å²) in [7, 11) is 3.32. The highest BCUT2D eigenvalue weighted by Crippen LogP contribution is 2.31. The van der Waals surface area contributed by atoms with E-state index in [1.165, 1.54) is 7.11 Å². The molecule has 1 aliphatic rings. The molecule has 100 valence electrons. The molecular formula is C11H18N4O3. The van der Waals surface area contributed by atoms with Crippen LogP contribution in [0.3, 0.4) is 0 Å². The van der Waals surface area contributed by atoms with Crippen LogP contribution in [0.2, 0.25) is 0 Å². The number of hydrogen-bond donors (Lipinski definition) is 1. The van der Waals surface area contributed by atoms with E-state index >= 15 is 0 Å². The van der Waals surface area contributed by atoms with Crippen molar-refractivity contribution >= 4 is 5.97 Å². The normalized spacial score (nSPS) is 24.6. The van der Waals surface area contributed by atoms with Crippen molar-refractivity contribution in [2.45, 2.75) is 24.9 Å². The van der Waals surface area contributed by atoms with Crippen LogP contribution in [0.15, 0.2) is 6.20 Å². The first kappa shape index (κ1) is 13.0. The van der Waals surface area contributed by atoms with Crippen LogP contribution in [0.1, 0.15) is 18.5 Å². The van der Waals surface area contributed by atoms with Crippen molar-refractivity contribution in [2.75, 3.05) is 20.3 Å². The second-order valence-electron chi connectivity index (χ2n) is 4.68. The van der Waals surface area contributed by atoms with Crippen molar-refractivity contribution in [1.29, 1.82) is 0 Å². The number of methoxy groups -OCH3 is 1. The summed E-state index contributed by atoms with van der Waals surface area (Å²) >= 11 is 0. The maximum Gasteiger partial charge on any atom is 0.326 e. The lowest BCUT2D eigenvalue weighted by atomic mass is 9.97. The number of likely N-dealkylation sites (tertiary alicyclic amines) is 1. The summed E-state index contributed by atoms with van der Waals surface area (Å²) in [6, 6.07) is 0. The van der Waals surface area contributed by atoms with E-state index in [1.54, 1.807) is 17.9 Å². The SMILES string of the molecule is COCC1(C(=O)O)CCCN1Cc1cn(C)nn1. The summed E-state index contributed by atoms with van der Waals surface area (Å²) in [6.07, 6.45) is 3.27. The molecule has 0 bridgehead atoms. The minimum Gasteiger partial charge on any atom is -0.480 e. The summed E-state index contributed by atoms with van der Waals surface area (Å²) in [4.78, 5) is 13.5. The van der Waals surface area contributed by atoms with E-state index in [4.69, 9.17) is 4.74 Å². The van der Waals surface area contributed by atoms with Gasteiger partial charge in [-0.3, -0.25) is 14.4 Å². The molecule has 2 heterocycles. The molecule has 1 atom stereocenters. The van der Waals surface area contributed by atoms with Gasteiger partial charge in [-0.25, -0.2) is 0 Å². The largest absolute Gasteiger partial charge is 0.480 e.